The third-order valence-electron chi connectivity index (χ3n) is 2.91. The van der Waals surface area contributed by atoms with Crippen LogP contribution in [0.5, 0.6) is 0 Å². The maximum atomic E-state index is 11.7. The fourth-order valence-electron chi connectivity index (χ4n) is 1.68. The van der Waals surface area contributed by atoms with Crippen LogP contribution in [0, 0.1) is 6.92 Å². The van der Waals surface area contributed by atoms with E-state index in [0.29, 0.717) is 23.8 Å². The van der Waals surface area contributed by atoms with Crippen LogP contribution in [0.4, 0.5) is 5.69 Å². The molecule has 1 aliphatic rings. The van der Waals surface area contributed by atoms with E-state index in [1.807, 2.05) is 6.92 Å². The Morgan fingerprint density at radius 2 is 2.11 bits per heavy atom. The Hall–Kier alpha value is -1.88. The highest BCUT2D eigenvalue weighted by Gasteiger charge is 2.21. The number of rotatable bonds is 5. The quantitative estimate of drug-likeness (QED) is 0.719. The third-order valence-corrected chi connectivity index (χ3v) is 2.91. The molecule has 2 amide bonds. The largest absolute Gasteiger partial charge is 0.366 e. The maximum Gasteiger partial charge on any atom is 0.248 e. The van der Waals surface area contributed by atoms with E-state index >= 15 is 0 Å². The number of primary amides is 1. The zero-order valence-electron chi connectivity index (χ0n) is 10.3. The van der Waals surface area contributed by atoms with Crippen molar-refractivity contribution in [3.05, 3.63) is 29.3 Å². The fraction of sp³-hybridized carbons (Fsp3) is 0.385. The average molecular weight is 247 g/mol. The van der Waals surface area contributed by atoms with Gasteiger partial charge < -0.3 is 16.4 Å². The van der Waals surface area contributed by atoms with Gasteiger partial charge in [0.1, 0.15) is 0 Å². The first-order valence-electron chi connectivity index (χ1n) is 6.00. The van der Waals surface area contributed by atoms with Gasteiger partial charge >= 0.3 is 0 Å². The highest BCUT2D eigenvalue weighted by atomic mass is 16.2. The average Bonchev–Trinajstić information content (AvgIpc) is 3.13. The molecular weight excluding hydrogens is 230 g/mol. The number of benzene rings is 1. The Labute approximate surface area is 106 Å². The molecule has 1 fully saturated rings. The summed E-state index contributed by atoms with van der Waals surface area (Å²) in [5.74, 6) is -0.539. The van der Waals surface area contributed by atoms with E-state index in [2.05, 4.69) is 10.6 Å². The summed E-state index contributed by atoms with van der Waals surface area (Å²) in [4.78, 5) is 22.6. The van der Waals surface area contributed by atoms with Gasteiger partial charge in [-0.05, 0) is 43.5 Å². The highest BCUT2D eigenvalue weighted by molar-refractivity contribution is 5.96. The zero-order chi connectivity index (χ0) is 13.1. The molecule has 0 saturated heterocycles. The summed E-state index contributed by atoms with van der Waals surface area (Å²) in [6.07, 6.45) is 2.30. The Morgan fingerprint density at radius 1 is 1.39 bits per heavy atom. The third kappa shape index (κ3) is 3.30. The predicted molar refractivity (Wildman–Crippen MR) is 69.4 cm³/mol. The molecule has 5 nitrogen and oxygen atoms in total. The van der Waals surface area contributed by atoms with Crippen molar-refractivity contribution in [1.82, 2.24) is 5.32 Å². The minimum absolute atomic E-state index is 0.0724. The van der Waals surface area contributed by atoms with Crippen LogP contribution in [-0.4, -0.2) is 24.4 Å². The van der Waals surface area contributed by atoms with Crippen LogP contribution in [0.3, 0.4) is 0 Å². The molecule has 1 aliphatic carbocycles. The molecule has 18 heavy (non-hydrogen) atoms. The van der Waals surface area contributed by atoms with Gasteiger partial charge in [-0.25, -0.2) is 0 Å². The van der Waals surface area contributed by atoms with Crippen LogP contribution in [0.15, 0.2) is 18.2 Å². The van der Waals surface area contributed by atoms with Gasteiger partial charge in [0.05, 0.1) is 6.54 Å². The molecule has 0 spiro atoms. The van der Waals surface area contributed by atoms with Crippen LogP contribution >= 0.6 is 0 Å². The second-order valence-electron chi connectivity index (χ2n) is 4.60. The number of aryl methyl sites for hydroxylation is 1. The fourth-order valence-corrected chi connectivity index (χ4v) is 1.68. The normalized spacial score (nSPS) is 14.3. The Bertz CT molecular complexity index is 481. The van der Waals surface area contributed by atoms with Crippen LogP contribution < -0.4 is 16.4 Å². The second-order valence-corrected chi connectivity index (χ2v) is 4.60. The molecule has 0 radical (unpaired) electrons. The second kappa shape index (κ2) is 5.18. The van der Waals surface area contributed by atoms with E-state index in [-0.39, 0.29) is 5.91 Å². The lowest BCUT2D eigenvalue weighted by Crippen LogP contribution is -2.29. The van der Waals surface area contributed by atoms with Crippen LogP contribution in [0.2, 0.25) is 0 Å². The summed E-state index contributed by atoms with van der Waals surface area (Å²) in [5, 5.41) is 5.95. The first kappa shape index (κ1) is 12.6. The van der Waals surface area contributed by atoms with Crippen molar-refractivity contribution in [2.24, 2.45) is 5.73 Å². The van der Waals surface area contributed by atoms with Crippen molar-refractivity contribution in [3.8, 4) is 0 Å². The number of carbonyl (C=O) groups excluding carboxylic acids is 2. The molecule has 0 unspecified atom stereocenters. The van der Waals surface area contributed by atoms with Gasteiger partial charge in [-0.1, -0.05) is 0 Å². The molecular formula is C13H17N3O2. The number of amides is 2. The smallest absolute Gasteiger partial charge is 0.248 e. The molecule has 0 aromatic heterocycles. The summed E-state index contributed by atoms with van der Waals surface area (Å²) < 4.78 is 0. The summed E-state index contributed by atoms with van der Waals surface area (Å²) in [7, 11) is 0. The van der Waals surface area contributed by atoms with Crippen LogP contribution in [0.25, 0.3) is 0 Å². The predicted octanol–water partition coefficient (Wildman–Crippen LogP) is 0.784. The monoisotopic (exact) mass is 247 g/mol. The molecule has 0 bridgehead atoms. The van der Waals surface area contributed by atoms with E-state index < -0.39 is 5.91 Å². The number of carbonyl (C=O) groups is 2. The SMILES string of the molecule is Cc1cc(C(N)=O)ccc1NC(=O)CNC1CC1. The van der Waals surface area contributed by atoms with Crippen molar-refractivity contribution in [3.63, 3.8) is 0 Å². The summed E-state index contributed by atoms with van der Waals surface area (Å²) in [6, 6.07) is 5.49. The van der Waals surface area contributed by atoms with Crippen molar-refractivity contribution in [2.75, 3.05) is 11.9 Å². The van der Waals surface area contributed by atoms with E-state index in [1.165, 1.54) is 0 Å². The lowest BCUT2D eigenvalue weighted by molar-refractivity contribution is -0.115. The molecule has 2 rings (SSSR count). The number of hydrogen-bond acceptors (Lipinski definition) is 3. The molecule has 0 aliphatic heterocycles. The van der Waals surface area contributed by atoms with E-state index in [1.54, 1.807) is 18.2 Å². The molecule has 0 heterocycles. The molecule has 0 atom stereocenters. The molecule has 1 aromatic rings. The van der Waals surface area contributed by atoms with Crippen molar-refractivity contribution >= 4 is 17.5 Å². The lowest BCUT2D eigenvalue weighted by atomic mass is 10.1. The summed E-state index contributed by atoms with van der Waals surface area (Å²) in [5.41, 5.74) is 7.17. The standard InChI is InChI=1S/C13H17N3O2/c1-8-6-9(13(14)18)2-5-11(8)16-12(17)7-15-10-3-4-10/h2,5-6,10,15H,3-4,7H2,1H3,(H2,14,18)(H,16,17). The van der Waals surface area contributed by atoms with Gasteiger partial charge in [0.25, 0.3) is 0 Å². The minimum Gasteiger partial charge on any atom is -0.366 e. The Balaban J connectivity index is 1.95. The van der Waals surface area contributed by atoms with Crippen LogP contribution in [0.1, 0.15) is 28.8 Å². The van der Waals surface area contributed by atoms with Gasteiger partial charge in [-0.15, -0.1) is 0 Å². The van der Waals surface area contributed by atoms with Crippen molar-refractivity contribution < 1.29 is 9.59 Å². The van der Waals surface area contributed by atoms with Crippen molar-refractivity contribution in [2.45, 2.75) is 25.8 Å². The van der Waals surface area contributed by atoms with E-state index in [0.717, 1.165) is 18.4 Å². The lowest BCUT2D eigenvalue weighted by Gasteiger charge is -2.09. The van der Waals surface area contributed by atoms with Gasteiger partial charge in [-0.3, -0.25) is 9.59 Å². The van der Waals surface area contributed by atoms with Gasteiger partial charge in [0.15, 0.2) is 0 Å². The molecule has 96 valence electrons. The maximum absolute atomic E-state index is 11.7. The summed E-state index contributed by atoms with van der Waals surface area (Å²) >= 11 is 0. The number of nitrogens with two attached hydrogens (primary N) is 1. The highest BCUT2D eigenvalue weighted by Crippen LogP contribution is 2.19. The van der Waals surface area contributed by atoms with Gasteiger partial charge in [0.2, 0.25) is 11.8 Å². The molecule has 1 aromatic carbocycles. The summed E-state index contributed by atoms with van der Waals surface area (Å²) in [6.45, 7) is 2.15. The Morgan fingerprint density at radius 3 is 2.67 bits per heavy atom. The number of nitrogens with one attached hydrogen (secondary N) is 2. The molecule has 1 saturated carbocycles. The van der Waals surface area contributed by atoms with Gasteiger partial charge in [0, 0.05) is 17.3 Å². The molecule has 4 N–H and O–H groups in total. The van der Waals surface area contributed by atoms with Crippen LogP contribution in [-0.2, 0) is 4.79 Å². The zero-order valence-corrected chi connectivity index (χ0v) is 10.3. The minimum atomic E-state index is -0.466. The van der Waals surface area contributed by atoms with E-state index in [9.17, 15) is 9.59 Å². The topological polar surface area (TPSA) is 84.2 Å². The van der Waals surface area contributed by atoms with Gasteiger partial charge in [-0.2, -0.15) is 0 Å². The Kier molecular flexibility index (Phi) is 3.62. The first-order valence-corrected chi connectivity index (χ1v) is 6.00. The first-order chi connectivity index (χ1) is 8.56. The van der Waals surface area contributed by atoms with E-state index in [4.69, 9.17) is 5.73 Å². The molecule has 5 heteroatoms. The number of anilines is 1. The number of hydrogen-bond donors (Lipinski definition) is 3. The van der Waals surface area contributed by atoms with Crippen molar-refractivity contribution in [1.29, 1.82) is 0 Å².